The van der Waals surface area contributed by atoms with E-state index in [0.29, 0.717) is 11.1 Å². The zero-order valence-electron chi connectivity index (χ0n) is 15.4. The van der Waals surface area contributed by atoms with E-state index in [2.05, 4.69) is 16.1 Å². The number of nitrogens with one attached hydrogen (secondary N) is 2. The lowest BCUT2D eigenvalue weighted by Gasteiger charge is -2.16. The number of rotatable bonds is 4. The molecule has 0 spiro atoms. The van der Waals surface area contributed by atoms with Crippen molar-refractivity contribution in [2.24, 2.45) is 0 Å². The van der Waals surface area contributed by atoms with Crippen LogP contribution < -0.4 is 10.0 Å². The fourth-order valence-electron chi connectivity index (χ4n) is 4.18. The molecule has 6 nitrogen and oxygen atoms in total. The summed E-state index contributed by atoms with van der Waals surface area (Å²) in [6.45, 7) is 0. The highest BCUT2D eigenvalue weighted by atomic mass is 32.2. The lowest BCUT2D eigenvalue weighted by Crippen LogP contribution is -2.35. The molecule has 0 radical (unpaired) electrons. The minimum atomic E-state index is -3.85. The summed E-state index contributed by atoms with van der Waals surface area (Å²) >= 11 is 0. The average Bonchev–Trinajstić information content (AvgIpc) is 3.30. The Morgan fingerprint density at radius 3 is 2.18 bits per heavy atom. The van der Waals surface area contributed by atoms with Gasteiger partial charge in [-0.1, -0.05) is 18.2 Å². The highest BCUT2D eigenvalue weighted by Gasteiger charge is 2.26. The number of hydrogen-bond acceptors (Lipinski definition) is 4. The van der Waals surface area contributed by atoms with E-state index < -0.39 is 16.1 Å². The van der Waals surface area contributed by atoms with Gasteiger partial charge in [-0.15, -0.1) is 0 Å². The Morgan fingerprint density at radius 1 is 1.00 bits per heavy atom. The third kappa shape index (κ3) is 3.73. The van der Waals surface area contributed by atoms with Crippen molar-refractivity contribution in [3.05, 3.63) is 63.7 Å². The van der Waals surface area contributed by atoms with Gasteiger partial charge in [-0.05, 0) is 78.5 Å². The minimum Gasteiger partial charge on any atom is -0.307 e. The largest absolute Gasteiger partial charge is 0.332 e. The molecule has 2 aliphatic carbocycles. The van der Waals surface area contributed by atoms with Crippen molar-refractivity contribution in [2.75, 3.05) is 5.32 Å². The number of nitrogens with zero attached hydrogens (tertiary/aromatic N) is 1. The summed E-state index contributed by atoms with van der Waals surface area (Å²) in [6, 6.07) is 9.79. The second kappa shape index (κ2) is 7.28. The van der Waals surface area contributed by atoms with Crippen LogP contribution >= 0.6 is 0 Å². The summed E-state index contributed by atoms with van der Waals surface area (Å²) in [7, 11) is -3.85. The first-order valence-corrected chi connectivity index (χ1v) is 11.1. The van der Waals surface area contributed by atoms with E-state index in [4.69, 9.17) is 5.26 Å². The molecule has 0 aromatic heterocycles. The molecule has 0 heterocycles. The number of amides is 2. The molecular weight excluding hydrogens is 374 g/mol. The molecule has 2 N–H and O–H groups in total. The van der Waals surface area contributed by atoms with Crippen LogP contribution in [-0.2, 0) is 41.5 Å². The molecule has 0 fully saturated rings. The van der Waals surface area contributed by atoms with Gasteiger partial charge >= 0.3 is 6.03 Å². The number of carbonyl (C=O) groups excluding carboxylic acids is 1. The van der Waals surface area contributed by atoms with E-state index in [9.17, 15) is 13.2 Å². The number of hydrogen-bond donors (Lipinski definition) is 2. The molecule has 144 valence electrons. The van der Waals surface area contributed by atoms with Gasteiger partial charge in [0.1, 0.15) is 0 Å². The smallest absolute Gasteiger partial charge is 0.307 e. The topological polar surface area (TPSA) is 99.1 Å². The maximum Gasteiger partial charge on any atom is 0.332 e. The van der Waals surface area contributed by atoms with Crippen LogP contribution in [0.4, 0.5) is 10.5 Å². The van der Waals surface area contributed by atoms with Crippen LogP contribution in [0.5, 0.6) is 0 Å². The van der Waals surface area contributed by atoms with Crippen LogP contribution in [0.2, 0.25) is 0 Å². The highest BCUT2D eigenvalue weighted by molar-refractivity contribution is 7.89. The molecule has 0 saturated carbocycles. The van der Waals surface area contributed by atoms with Gasteiger partial charge in [-0.2, -0.15) is 5.26 Å². The van der Waals surface area contributed by atoms with Gasteiger partial charge in [0.25, 0.3) is 0 Å². The molecule has 0 unspecified atom stereocenters. The number of nitriles is 1. The van der Waals surface area contributed by atoms with Gasteiger partial charge < -0.3 is 5.32 Å². The van der Waals surface area contributed by atoms with Crippen LogP contribution in [-0.4, -0.2) is 14.4 Å². The second-order valence-corrected chi connectivity index (χ2v) is 9.08. The maximum absolute atomic E-state index is 12.5. The lowest BCUT2D eigenvalue weighted by molar-refractivity contribution is 0.256. The van der Waals surface area contributed by atoms with Crippen LogP contribution in [0.25, 0.3) is 0 Å². The SMILES string of the molecule is N#Cc1ccc(CS(=O)(=O)NC(=O)Nc2c3c(cc4c2CCC4)CCC3)cc1. The number of carbonyl (C=O) groups is 1. The van der Waals surface area contributed by atoms with Gasteiger partial charge in [0.15, 0.2) is 0 Å². The van der Waals surface area contributed by atoms with Crippen molar-refractivity contribution in [3.63, 3.8) is 0 Å². The first-order valence-electron chi connectivity index (χ1n) is 9.42. The van der Waals surface area contributed by atoms with Crippen LogP contribution in [0, 0.1) is 11.3 Å². The molecule has 7 heteroatoms. The fourth-order valence-corrected chi connectivity index (χ4v) is 5.22. The molecule has 0 bridgehead atoms. The van der Waals surface area contributed by atoms with E-state index in [-0.39, 0.29) is 5.75 Å². The quantitative estimate of drug-likeness (QED) is 0.830. The summed E-state index contributed by atoms with van der Waals surface area (Å²) in [5.74, 6) is -0.322. The van der Waals surface area contributed by atoms with Gasteiger partial charge in [-0.25, -0.2) is 17.9 Å². The van der Waals surface area contributed by atoms with Crippen molar-refractivity contribution < 1.29 is 13.2 Å². The third-order valence-corrected chi connectivity index (χ3v) is 6.61. The number of urea groups is 1. The number of sulfonamides is 1. The Bertz CT molecular complexity index is 1050. The second-order valence-electron chi connectivity index (χ2n) is 7.36. The molecule has 0 saturated heterocycles. The number of aryl methyl sites for hydroxylation is 2. The van der Waals surface area contributed by atoms with E-state index in [1.165, 1.54) is 11.1 Å². The highest BCUT2D eigenvalue weighted by Crippen LogP contribution is 2.38. The maximum atomic E-state index is 12.5. The normalized spacial score (nSPS) is 14.8. The summed E-state index contributed by atoms with van der Waals surface area (Å²) in [5, 5.41) is 11.7. The minimum absolute atomic E-state index is 0.322. The zero-order chi connectivity index (χ0) is 19.7. The van der Waals surface area contributed by atoms with Gasteiger partial charge in [0.05, 0.1) is 17.4 Å². The molecule has 0 atom stereocenters. The summed E-state index contributed by atoms with van der Waals surface area (Å²) in [4.78, 5) is 12.5. The van der Waals surface area contributed by atoms with E-state index in [0.717, 1.165) is 55.3 Å². The molecule has 4 rings (SSSR count). The first kappa shape index (κ1) is 18.5. The van der Waals surface area contributed by atoms with E-state index in [1.54, 1.807) is 24.3 Å². The number of anilines is 1. The van der Waals surface area contributed by atoms with Gasteiger partial charge in [-0.3, -0.25) is 0 Å². The summed E-state index contributed by atoms with van der Waals surface area (Å²) in [6.07, 6.45) is 5.97. The van der Waals surface area contributed by atoms with Crippen molar-refractivity contribution in [1.82, 2.24) is 4.72 Å². The molecule has 2 amide bonds. The van der Waals surface area contributed by atoms with Crippen LogP contribution in [0.15, 0.2) is 30.3 Å². The van der Waals surface area contributed by atoms with Crippen molar-refractivity contribution in [1.29, 1.82) is 5.26 Å². The van der Waals surface area contributed by atoms with Gasteiger partial charge in [0, 0.05) is 5.69 Å². The van der Waals surface area contributed by atoms with Crippen molar-refractivity contribution in [2.45, 2.75) is 44.3 Å². The summed E-state index contributed by atoms with van der Waals surface area (Å²) < 4.78 is 26.9. The number of benzene rings is 2. The molecule has 28 heavy (non-hydrogen) atoms. The Kier molecular flexibility index (Phi) is 4.82. The van der Waals surface area contributed by atoms with Crippen LogP contribution in [0.3, 0.4) is 0 Å². The Labute approximate surface area is 164 Å². The third-order valence-electron chi connectivity index (χ3n) is 5.40. The molecule has 2 aromatic carbocycles. The molecule has 2 aromatic rings. The monoisotopic (exact) mass is 395 g/mol. The fraction of sp³-hybridized carbons (Fsp3) is 0.333. The van der Waals surface area contributed by atoms with E-state index in [1.807, 2.05) is 6.07 Å². The predicted octanol–water partition coefficient (Wildman–Crippen LogP) is 3.19. The lowest BCUT2D eigenvalue weighted by atomic mass is 9.99. The first-order chi connectivity index (χ1) is 13.4. The Hall–Kier alpha value is -2.85. The molecule has 0 aliphatic heterocycles. The Morgan fingerprint density at radius 2 is 1.61 bits per heavy atom. The van der Waals surface area contributed by atoms with E-state index >= 15 is 0 Å². The van der Waals surface area contributed by atoms with Crippen molar-refractivity contribution >= 4 is 21.7 Å². The molecular formula is C21H21N3O3S. The predicted molar refractivity (Wildman–Crippen MR) is 106 cm³/mol. The van der Waals surface area contributed by atoms with Gasteiger partial charge in [0.2, 0.25) is 10.0 Å². The average molecular weight is 395 g/mol. The molecule has 2 aliphatic rings. The van der Waals surface area contributed by atoms with Crippen molar-refractivity contribution in [3.8, 4) is 6.07 Å². The zero-order valence-corrected chi connectivity index (χ0v) is 16.2. The Balaban J connectivity index is 1.49. The summed E-state index contributed by atoms with van der Waals surface area (Å²) in [5.41, 5.74) is 6.64. The standard InChI is InChI=1S/C21H21N3O3S/c22-12-14-7-9-15(10-8-14)13-28(26,27)24-21(25)23-20-18-5-1-3-16(18)11-17-4-2-6-19(17)20/h7-11H,1-6,13H2,(H2,23,24,25). The van der Waals surface area contributed by atoms with Crippen LogP contribution in [0.1, 0.15) is 46.2 Å². The number of fused-ring (bicyclic) bond motifs is 2.